The molecule has 2 heterocycles. The number of fused-ring (bicyclic) bond motifs is 2. The van der Waals surface area contributed by atoms with E-state index in [0.717, 1.165) is 0 Å². The highest BCUT2D eigenvalue weighted by molar-refractivity contribution is 5.88. The molecule has 1 N–H and O–H groups in total. The van der Waals surface area contributed by atoms with Crippen molar-refractivity contribution in [3.8, 4) is 0 Å². The van der Waals surface area contributed by atoms with Crippen LogP contribution in [0.1, 0.15) is 26.2 Å². The number of carbonyl (C=O) groups is 1. The second-order valence-electron chi connectivity index (χ2n) is 6.82. The third-order valence-electron chi connectivity index (χ3n) is 5.24. The van der Waals surface area contributed by atoms with Crippen LogP contribution >= 0.6 is 0 Å². The van der Waals surface area contributed by atoms with Crippen LogP contribution in [0.2, 0.25) is 0 Å². The molecule has 3 nitrogen and oxygen atoms in total. The van der Waals surface area contributed by atoms with Gasteiger partial charge in [0.25, 0.3) is 0 Å². The predicted molar refractivity (Wildman–Crippen MR) is 81.8 cm³/mol. The van der Waals surface area contributed by atoms with Crippen molar-refractivity contribution >= 4 is 5.91 Å². The van der Waals surface area contributed by atoms with Crippen LogP contribution in [0.3, 0.4) is 0 Å². The van der Waals surface area contributed by atoms with Crippen molar-refractivity contribution in [3.63, 3.8) is 0 Å². The smallest absolute Gasteiger partial charge is 0.325 e. The molecule has 3 aliphatic rings. The lowest BCUT2D eigenvalue weighted by molar-refractivity contribution is -0.145. The van der Waals surface area contributed by atoms with Crippen molar-refractivity contribution < 1.29 is 31.1 Å². The van der Waals surface area contributed by atoms with Gasteiger partial charge in [0.05, 0.1) is 24.1 Å². The first-order chi connectivity index (χ1) is 11.9. The summed E-state index contributed by atoms with van der Waals surface area (Å²) in [6, 6.07) is -1.89. The Kier molecular flexibility index (Phi) is 4.49. The maximum Gasteiger partial charge on any atom is 0.415 e. The third-order valence-corrected chi connectivity index (χ3v) is 5.24. The fourth-order valence-corrected chi connectivity index (χ4v) is 4.21. The van der Waals surface area contributed by atoms with E-state index in [1.54, 1.807) is 6.92 Å². The minimum Gasteiger partial charge on any atom is -0.325 e. The lowest BCUT2D eigenvalue weighted by Gasteiger charge is -2.46. The van der Waals surface area contributed by atoms with Gasteiger partial charge in [-0.15, -0.1) is 0 Å². The fourth-order valence-electron chi connectivity index (χ4n) is 4.21. The lowest BCUT2D eigenvalue weighted by Crippen LogP contribution is -2.51. The summed E-state index contributed by atoms with van der Waals surface area (Å²) in [5.41, 5.74) is -0.319. The molecule has 9 heteroatoms. The molecule has 26 heavy (non-hydrogen) atoms. The number of likely N-dealkylation sites (N-methyl/N-ethyl adjacent to an activating group) is 1. The molecule has 144 valence electrons. The first-order valence-corrected chi connectivity index (χ1v) is 8.25. The molecule has 3 atom stereocenters. The number of hydrogen-bond donors (Lipinski definition) is 1. The minimum atomic E-state index is -4.67. The van der Waals surface area contributed by atoms with Gasteiger partial charge >= 0.3 is 12.4 Å². The van der Waals surface area contributed by atoms with Crippen LogP contribution in [0.25, 0.3) is 0 Å². The maximum absolute atomic E-state index is 13.7. The molecular formula is C17H18F6N2O. The van der Waals surface area contributed by atoms with E-state index in [4.69, 9.17) is 0 Å². The van der Waals surface area contributed by atoms with Crippen molar-refractivity contribution in [2.75, 3.05) is 7.05 Å². The molecule has 0 aromatic heterocycles. The number of hydrogen-bond acceptors (Lipinski definition) is 2. The Bertz CT molecular complexity index is 716. The number of rotatable bonds is 2. The van der Waals surface area contributed by atoms with Gasteiger partial charge in [-0.1, -0.05) is 19.1 Å². The van der Waals surface area contributed by atoms with Crippen LogP contribution in [0, 0.1) is 5.92 Å². The Morgan fingerprint density at radius 1 is 1.23 bits per heavy atom. The molecule has 3 rings (SSSR count). The monoisotopic (exact) mass is 380 g/mol. The lowest BCUT2D eigenvalue weighted by atomic mass is 9.73. The van der Waals surface area contributed by atoms with Crippen LogP contribution in [0.4, 0.5) is 26.3 Å². The third kappa shape index (κ3) is 3.17. The average Bonchev–Trinajstić information content (AvgIpc) is 2.86. The van der Waals surface area contributed by atoms with E-state index in [1.807, 2.05) is 0 Å². The van der Waals surface area contributed by atoms with E-state index >= 15 is 0 Å². The van der Waals surface area contributed by atoms with Gasteiger partial charge in [0.15, 0.2) is 0 Å². The number of carbonyl (C=O) groups excluding carboxylic acids is 1. The molecule has 1 saturated heterocycles. The van der Waals surface area contributed by atoms with Gasteiger partial charge in [0, 0.05) is 18.0 Å². The Hall–Kier alpha value is -1.77. The molecule has 0 spiro atoms. The topological polar surface area (TPSA) is 32.3 Å². The maximum atomic E-state index is 13.7. The minimum absolute atomic E-state index is 0.0899. The molecule has 1 aliphatic carbocycles. The number of nitrogens with zero attached hydrogens (tertiary/aromatic N) is 1. The van der Waals surface area contributed by atoms with Gasteiger partial charge in [0.2, 0.25) is 5.91 Å². The number of alkyl halides is 6. The summed E-state index contributed by atoms with van der Waals surface area (Å²) in [7, 11) is 1.41. The van der Waals surface area contributed by atoms with Gasteiger partial charge in [-0.05, 0) is 24.6 Å². The normalized spacial score (nSPS) is 29.8. The zero-order valence-corrected chi connectivity index (χ0v) is 14.1. The van der Waals surface area contributed by atoms with Gasteiger partial charge in [-0.3, -0.25) is 9.69 Å². The van der Waals surface area contributed by atoms with E-state index in [0.29, 0.717) is 5.57 Å². The summed E-state index contributed by atoms with van der Waals surface area (Å²) in [6.45, 7) is 1.57. The second-order valence-corrected chi connectivity index (χ2v) is 6.82. The Balaban J connectivity index is 2.14. The van der Waals surface area contributed by atoms with E-state index in [1.165, 1.54) is 24.1 Å². The molecule has 0 bridgehead atoms. The average molecular weight is 380 g/mol. The zero-order valence-electron chi connectivity index (χ0n) is 14.1. The summed E-state index contributed by atoms with van der Waals surface area (Å²) in [4.78, 5) is 13.1. The highest BCUT2D eigenvalue weighted by Crippen LogP contribution is 2.49. The number of halogens is 6. The van der Waals surface area contributed by atoms with Crippen LogP contribution in [-0.4, -0.2) is 42.3 Å². The standard InChI is InChI=1S/C17H18F6N2O/c1-3-9-13(17(21,22)23)14-11(6-12(26)24-14)10-5-4-8(7-16(18,19)20)25(2)15(9)10/h4-5,8-9,15H,3,6-7H2,1-2H3,(H,24,26). The molecule has 0 aromatic carbocycles. The molecule has 0 saturated carbocycles. The van der Waals surface area contributed by atoms with Crippen molar-refractivity contribution in [1.82, 2.24) is 10.2 Å². The summed E-state index contributed by atoms with van der Waals surface area (Å²) in [5, 5.41) is 2.30. The second kappa shape index (κ2) is 6.14. The summed E-state index contributed by atoms with van der Waals surface area (Å²) < 4.78 is 79.7. The van der Waals surface area contributed by atoms with Crippen molar-refractivity contribution in [3.05, 3.63) is 34.6 Å². The number of amides is 1. The number of allylic oxidation sites excluding steroid dienone is 1. The molecule has 1 fully saturated rings. The number of nitrogens with one attached hydrogen (secondary N) is 1. The Labute approximate surface area is 146 Å². The highest BCUT2D eigenvalue weighted by Gasteiger charge is 2.52. The predicted octanol–water partition coefficient (Wildman–Crippen LogP) is 3.85. The van der Waals surface area contributed by atoms with Crippen LogP contribution in [-0.2, 0) is 4.79 Å². The van der Waals surface area contributed by atoms with E-state index in [-0.39, 0.29) is 24.1 Å². The molecule has 0 radical (unpaired) electrons. The summed E-state index contributed by atoms with van der Waals surface area (Å²) in [5.74, 6) is -1.58. The van der Waals surface area contributed by atoms with Crippen molar-refractivity contribution in [2.45, 2.75) is 50.6 Å². The Morgan fingerprint density at radius 2 is 1.88 bits per heavy atom. The van der Waals surface area contributed by atoms with Crippen LogP contribution in [0.15, 0.2) is 34.6 Å². The molecular weight excluding hydrogens is 362 g/mol. The summed E-state index contributed by atoms with van der Waals surface area (Å²) in [6.07, 6.45) is -7.52. The molecule has 3 unspecified atom stereocenters. The molecule has 0 aromatic rings. The van der Waals surface area contributed by atoms with E-state index in [2.05, 4.69) is 5.32 Å². The molecule has 1 amide bonds. The van der Waals surface area contributed by atoms with Gasteiger partial charge < -0.3 is 5.32 Å². The Morgan fingerprint density at radius 3 is 2.42 bits per heavy atom. The van der Waals surface area contributed by atoms with E-state index in [9.17, 15) is 31.1 Å². The first-order valence-electron chi connectivity index (χ1n) is 8.25. The highest BCUT2D eigenvalue weighted by atomic mass is 19.4. The van der Waals surface area contributed by atoms with Crippen LogP contribution in [0.5, 0.6) is 0 Å². The largest absolute Gasteiger partial charge is 0.415 e. The fraction of sp³-hybridized carbons (Fsp3) is 0.588. The van der Waals surface area contributed by atoms with Gasteiger partial charge in [0.1, 0.15) is 0 Å². The zero-order chi connectivity index (χ0) is 19.4. The SMILES string of the molecule is CCC1C(C(F)(F)F)=C2NC(=O)CC2=C2C=CC(CC(F)(F)F)N(C)C21. The summed E-state index contributed by atoms with van der Waals surface area (Å²) >= 11 is 0. The first kappa shape index (κ1) is 19.0. The van der Waals surface area contributed by atoms with E-state index < -0.39 is 48.3 Å². The molecule has 2 aliphatic heterocycles. The van der Waals surface area contributed by atoms with Gasteiger partial charge in [-0.25, -0.2) is 0 Å². The van der Waals surface area contributed by atoms with Crippen molar-refractivity contribution in [1.29, 1.82) is 0 Å². The quantitative estimate of drug-likeness (QED) is 0.738. The van der Waals surface area contributed by atoms with Crippen LogP contribution < -0.4 is 5.32 Å². The van der Waals surface area contributed by atoms with Gasteiger partial charge in [-0.2, -0.15) is 26.3 Å². The van der Waals surface area contributed by atoms with Crippen molar-refractivity contribution in [2.24, 2.45) is 5.92 Å².